The number of rotatable bonds is 2. The molecule has 0 heterocycles. The van der Waals surface area contributed by atoms with Gasteiger partial charge in [-0.15, -0.1) is 0 Å². The molecule has 0 aliphatic rings. The summed E-state index contributed by atoms with van der Waals surface area (Å²) in [6, 6.07) is 0. The van der Waals surface area contributed by atoms with Gasteiger partial charge >= 0.3 is 26.2 Å². The Morgan fingerprint density at radius 2 is 0.923 bits per heavy atom. The number of hydrogen-bond donors (Lipinski definition) is 2. The maximum absolute atomic E-state index is 9.17. The Hall–Kier alpha value is 1.80. The van der Waals surface area contributed by atoms with Gasteiger partial charge in [0.2, 0.25) is 0 Å². The van der Waals surface area contributed by atoms with Crippen molar-refractivity contribution >= 4 is 41.5 Å². The Morgan fingerprint density at radius 1 is 0.846 bits per heavy atom. The van der Waals surface area contributed by atoms with Crippen LogP contribution in [-0.2, 0) is 43.3 Å². The van der Waals surface area contributed by atoms with E-state index >= 15 is 0 Å². The standard InChI is InChI=1S/2H3O4PS.Zr/c2*1-5(2,3)4-6;/h2*6H,(H2,1,2,3);/q;;+4/p-4. The average Bonchev–Trinajstić information content (AvgIpc) is 1.86. The number of phosphoric acid groups is 2. The minimum absolute atomic E-state index is 0. The third kappa shape index (κ3) is 31.6. The molecule has 0 aliphatic carbocycles. The van der Waals surface area contributed by atoms with Crippen LogP contribution < -0.4 is 19.6 Å². The fraction of sp³-hybridized carbons (Fsp3) is 0. The maximum atomic E-state index is 9.17. The molecular weight excluding hydrogens is 345 g/mol. The van der Waals surface area contributed by atoms with Gasteiger partial charge in [0, 0.05) is 0 Å². The molecule has 13 heavy (non-hydrogen) atoms. The monoisotopic (exact) mass is 346 g/mol. The Labute approximate surface area is 104 Å². The van der Waals surface area contributed by atoms with Crippen molar-refractivity contribution < 1.29 is 62.8 Å². The van der Waals surface area contributed by atoms with Gasteiger partial charge in [-0.1, -0.05) is 0 Å². The molecule has 0 saturated carbocycles. The Bertz CT molecular complexity index is 170. The largest absolute Gasteiger partial charge is 4.00 e. The third-order valence-corrected chi connectivity index (χ3v) is 1.80. The van der Waals surface area contributed by atoms with Crippen LogP contribution in [0, 0.1) is 0 Å². The summed E-state index contributed by atoms with van der Waals surface area (Å²) in [6.45, 7) is 0. The van der Waals surface area contributed by atoms with Crippen molar-refractivity contribution in [3.05, 3.63) is 0 Å². The van der Waals surface area contributed by atoms with Crippen molar-refractivity contribution in [1.82, 2.24) is 0 Å². The first-order chi connectivity index (χ1) is 5.12. The van der Waals surface area contributed by atoms with Gasteiger partial charge in [-0.2, -0.15) is 0 Å². The third-order valence-electron chi connectivity index (χ3n) is 0.200. The SMILES string of the molecule is O=P([O-])([O-])OS.O=P([O-])([O-])OS.[Zr+4]. The summed E-state index contributed by atoms with van der Waals surface area (Å²) in [5, 5.41) is 0. The smallest absolute Gasteiger partial charge is 0.789 e. The zero-order chi connectivity index (χ0) is 10.4. The molecule has 0 aliphatic heterocycles. The zero-order valence-electron chi connectivity index (χ0n) is 5.55. The van der Waals surface area contributed by atoms with Crippen LogP contribution in [0.3, 0.4) is 0 Å². The van der Waals surface area contributed by atoms with E-state index in [4.69, 9.17) is 0 Å². The molecule has 0 atom stereocenters. The van der Waals surface area contributed by atoms with E-state index < -0.39 is 15.6 Å². The van der Waals surface area contributed by atoms with Crippen LogP contribution in [0.15, 0.2) is 0 Å². The van der Waals surface area contributed by atoms with Crippen molar-refractivity contribution in [2.45, 2.75) is 0 Å². The van der Waals surface area contributed by atoms with Crippen LogP contribution in [0.25, 0.3) is 0 Å². The number of thiol groups is 2. The Balaban J connectivity index is -0.000000143. The molecule has 0 aromatic carbocycles. The normalized spacial score (nSPS) is 10.9. The molecule has 0 spiro atoms. The van der Waals surface area contributed by atoms with E-state index in [-0.39, 0.29) is 26.2 Å². The first-order valence-corrected chi connectivity index (χ1v) is 5.48. The molecule has 0 rings (SSSR count). The second kappa shape index (κ2) is 9.06. The van der Waals surface area contributed by atoms with Gasteiger partial charge < -0.3 is 28.7 Å². The molecule has 8 nitrogen and oxygen atoms in total. The van der Waals surface area contributed by atoms with E-state index in [0.717, 1.165) is 0 Å². The zero-order valence-corrected chi connectivity index (χ0v) is 11.6. The molecule has 0 N–H and O–H groups in total. The van der Waals surface area contributed by atoms with Crippen LogP contribution >= 0.6 is 41.5 Å². The number of hydrogen-bond acceptors (Lipinski definition) is 10. The van der Waals surface area contributed by atoms with E-state index in [1.54, 1.807) is 0 Å². The topological polar surface area (TPSA) is 145 Å². The van der Waals surface area contributed by atoms with Crippen molar-refractivity contribution in [1.29, 1.82) is 0 Å². The van der Waals surface area contributed by atoms with E-state index in [2.05, 4.69) is 33.8 Å². The van der Waals surface area contributed by atoms with E-state index in [9.17, 15) is 28.7 Å². The van der Waals surface area contributed by atoms with E-state index in [1.165, 1.54) is 0 Å². The maximum Gasteiger partial charge on any atom is 4.00 e. The fourth-order valence-corrected chi connectivity index (χ4v) is 0. The van der Waals surface area contributed by atoms with Crippen LogP contribution in [0.1, 0.15) is 0 Å². The summed E-state index contributed by atoms with van der Waals surface area (Å²) in [5.41, 5.74) is 0. The summed E-state index contributed by atoms with van der Waals surface area (Å²) >= 11 is 5.43. The van der Waals surface area contributed by atoms with E-state index in [0.29, 0.717) is 0 Å². The van der Waals surface area contributed by atoms with Gasteiger partial charge in [-0.3, -0.25) is 7.94 Å². The van der Waals surface area contributed by atoms with Crippen molar-refractivity contribution in [2.24, 2.45) is 0 Å². The summed E-state index contributed by atoms with van der Waals surface area (Å²) < 4.78 is 24.5. The molecule has 13 heteroatoms. The molecule has 0 amide bonds. The van der Waals surface area contributed by atoms with Gasteiger partial charge in [0.05, 0.1) is 15.6 Å². The molecular formula is H2O8P2S2Zr. The minimum atomic E-state index is -4.78. The van der Waals surface area contributed by atoms with Crippen LogP contribution in [0.4, 0.5) is 0 Å². The predicted octanol–water partition coefficient (Wildman–Crippen LogP) is -2.65. The van der Waals surface area contributed by atoms with Gasteiger partial charge in [0.1, 0.15) is 0 Å². The molecule has 0 bridgehead atoms. The second-order valence-electron chi connectivity index (χ2n) is 1.06. The first-order valence-electron chi connectivity index (χ1n) is 1.83. The molecule has 0 saturated heterocycles. The molecule has 0 aromatic rings. The average molecular weight is 347 g/mol. The van der Waals surface area contributed by atoms with Gasteiger partial charge in [0.15, 0.2) is 0 Å². The molecule has 0 unspecified atom stereocenters. The summed E-state index contributed by atoms with van der Waals surface area (Å²) in [6.07, 6.45) is 0. The predicted molar refractivity (Wildman–Crippen MR) is 35.4 cm³/mol. The molecule has 0 fully saturated rings. The minimum Gasteiger partial charge on any atom is -0.789 e. The summed E-state index contributed by atoms with van der Waals surface area (Å²) in [7, 11) is -9.56. The van der Waals surface area contributed by atoms with Crippen LogP contribution in [-0.4, -0.2) is 0 Å². The summed E-state index contributed by atoms with van der Waals surface area (Å²) in [4.78, 5) is 36.7. The quantitative estimate of drug-likeness (QED) is 0.313. The Morgan fingerprint density at radius 3 is 0.923 bits per heavy atom. The molecule has 76 valence electrons. The van der Waals surface area contributed by atoms with Crippen LogP contribution in [0.2, 0.25) is 0 Å². The van der Waals surface area contributed by atoms with E-state index in [1.807, 2.05) is 0 Å². The van der Waals surface area contributed by atoms with Crippen molar-refractivity contribution in [3.63, 3.8) is 0 Å². The van der Waals surface area contributed by atoms with Gasteiger partial charge in [0.25, 0.3) is 0 Å². The van der Waals surface area contributed by atoms with Crippen LogP contribution in [0.5, 0.6) is 0 Å². The molecule has 0 aromatic heterocycles. The fourth-order valence-electron chi connectivity index (χ4n) is 0. The second-order valence-corrected chi connectivity index (χ2v) is 4.15. The van der Waals surface area contributed by atoms with Crippen molar-refractivity contribution in [2.75, 3.05) is 0 Å². The Kier molecular flexibility index (Phi) is 14.1. The van der Waals surface area contributed by atoms with Crippen molar-refractivity contribution in [3.8, 4) is 0 Å². The van der Waals surface area contributed by atoms with Gasteiger partial charge in [-0.05, 0) is 25.8 Å². The summed E-state index contributed by atoms with van der Waals surface area (Å²) in [5.74, 6) is 0. The molecule has 0 radical (unpaired) electrons. The first kappa shape index (κ1) is 20.2. The van der Waals surface area contributed by atoms with Gasteiger partial charge in [-0.25, -0.2) is 0 Å².